The van der Waals surface area contributed by atoms with Crippen molar-refractivity contribution < 1.29 is 5.48 Å². The molecule has 0 saturated carbocycles. The fourth-order valence-corrected chi connectivity index (χ4v) is 2.63. The molecule has 1 aromatic carbocycles. The molecule has 0 aromatic heterocycles. The summed E-state index contributed by atoms with van der Waals surface area (Å²) in [5.41, 5.74) is 1.49. The van der Waals surface area contributed by atoms with E-state index in [0.29, 0.717) is 0 Å². The minimum atomic E-state index is 0. The molecule has 0 spiro atoms. The average Bonchev–Trinajstić information content (AvgIpc) is 2.44. The Hall–Kier alpha value is -0.860. The molecule has 0 aliphatic carbocycles. The second-order valence-corrected chi connectivity index (χ2v) is 5.49. The third kappa shape index (κ3) is 9.11. The van der Waals surface area contributed by atoms with Crippen LogP contribution in [0.3, 0.4) is 0 Å². The van der Waals surface area contributed by atoms with Crippen molar-refractivity contribution in [3.8, 4) is 0 Å². The summed E-state index contributed by atoms with van der Waals surface area (Å²) in [6.45, 7) is 8.41. The van der Waals surface area contributed by atoms with Gasteiger partial charge in [-0.25, -0.2) is 0 Å². The van der Waals surface area contributed by atoms with E-state index in [2.05, 4.69) is 49.1 Å². The molecule has 0 aliphatic heterocycles. The molecular weight excluding hydrogens is 246 g/mol. The van der Waals surface area contributed by atoms with Crippen molar-refractivity contribution in [1.82, 2.24) is 4.90 Å². The van der Waals surface area contributed by atoms with Gasteiger partial charge in [-0.2, -0.15) is 0 Å². The lowest BCUT2D eigenvalue weighted by Gasteiger charge is -2.20. The average molecular weight is 279 g/mol. The summed E-state index contributed by atoms with van der Waals surface area (Å²) in [7, 11) is 0. The van der Waals surface area contributed by atoms with Crippen LogP contribution in [0.4, 0.5) is 0 Å². The lowest BCUT2D eigenvalue weighted by Crippen LogP contribution is -2.26. The summed E-state index contributed by atoms with van der Waals surface area (Å²) in [4.78, 5) is 2.62. The highest BCUT2D eigenvalue weighted by molar-refractivity contribution is 5.14. The van der Waals surface area contributed by atoms with Gasteiger partial charge in [0.1, 0.15) is 0 Å². The molecule has 0 saturated heterocycles. The normalized spacial score (nSPS) is 10.6. The van der Waals surface area contributed by atoms with Crippen molar-refractivity contribution >= 4 is 0 Å². The Labute approximate surface area is 125 Å². The van der Waals surface area contributed by atoms with Gasteiger partial charge < -0.3 is 10.4 Å². The minimum absolute atomic E-state index is 0. The SMILES string of the molecule is CCCN(CCC)CCCCCCc1ccccc1.O. The van der Waals surface area contributed by atoms with Crippen molar-refractivity contribution in [2.45, 2.75) is 58.8 Å². The molecule has 0 atom stereocenters. The zero-order chi connectivity index (χ0) is 13.8. The van der Waals surface area contributed by atoms with E-state index in [-0.39, 0.29) is 5.48 Å². The largest absolute Gasteiger partial charge is 0.412 e. The first-order chi connectivity index (χ1) is 9.36. The van der Waals surface area contributed by atoms with E-state index in [4.69, 9.17) is 0 Å². The highest BCUT2D eigenvalue weighted by atomic mass is 16.0. The first-order valence-electron chi connectivity index (χ1n) is 8.13. The Kier molecular flexibility index (Phi) is 12.6. The van der Waals surface area contributed by atoms with Crippen molar-refractivity contribution in [3.63, 3.8) is 0 Å². The number of hydrogen-bond donors (Lipinski definition) is 0. The molecule has 2 heteroatoms. The Bertz CT molecular complexity index is 294. The van der Waals surface area contributed by atoms with Crippen LogP contribution in [0.15, 0.2) is 30.3 Å². The van der Waals surface area contributed by atoms with Gasteiger partial charge in [-0.1, -0.05) is 57.0 Å². The van der Waals surface area contributed by atoms with Crippen LogP contribution in [0.2, 0.25) is 0 Å². The van der Waals surface area contributed by atoms with E-state index in [9.17, 15) is 0 Å². The van der Waals surface area contributed by atoms with Crippen LogP contribution in [-0.2, 0) is 6.42 Å². The summed E-state index contributed by atoms with van der Waals surface area (Å²) < 4.78 is 0. The molecule has 1 aromatic rings. The molecule has 0 aliphatic rings. The Morgan fingerprint density at radius 3 is 1.95 bits per heavy atom. The van der Waals surface area contributed by atoms with Crippen LogP contribution in [0, 0.1) is 0 Å². The first kappa shape index (κ1) is 19.1. The van der Waals surface area contributed by atoms with Crippen LogP contribution >= 0.6 is 0 Å². The van der Waals surface area contributed by atoms with Gasteiger partial charge in [-0.3, -0.25) is 0 Å². The minimum Gasteiger partial charge on any atom is -0.412 e. The maximum Gasteiger partial charge on any atom is -0.00187 e. The summed E-state index contributed by atoms with van der Waals surface area (Å²) in [5, 5.41) is 0. The number of benzene rings is 1. The summed E-state index contributed by atoms with van der Waals surface area (Å²) >= 11 is 0. The molecule has 0 heterocycles. The van der Waals surface area contributed by atoms with E-state index in [1.807, 2.05) is 0 Å². The van der Waals surface area contributed by atoms with Crippen LogP contribution in [-0.4, -0.2) is 30.0 Å². The molecule has 1 rings (SSSR count). The predicted molar refractivity (Wildman–Crippen MR) is 89.2 cm³/mol. The Morgan fingerprint density at radius 2 is 1.35 bits per heavy atom. The lowest BCUT2D eigenvalue weighted by atomic mass is 10.1. The summed E-state index contributed by atoms with van der Waals surface area (Å²) in [5.74, 6) is 0. The van der Waals surface area contributed by atoms with Gasteiger partial charge in [0.05, 0.1) is 0 Å². The molecular formula is C18H33NO. The molecule has 20 heavy (non-hydrogen) atoms. The number of hydrogen-bond acceptors (Lipinski definition) is 1. The van der Waals surface area contributed by atoms with Gasteiger partial charge in [0.15, 0.2) is 0 Å². The van der Waals surface area contributed by atoms with Crippen LogP contribution in [0.5, 0.6) is 0 Å². The standard InChI is InChI=1S/C18H31N.H2O/c1-3-15-19(16-4-2)17-11-6-5-8-12-18-13-9-7-10-14-18;/h7,9-10,13-14H,3-6,8,11-12,15-17H2,1-2H3;1H2. The van der Waals surface area contributed by atoms with Gasteiger partial charge in [-0.15, -0.1) is 0 Å². The highest BCUT2D eigenvalue weighted by Crippen LogP contribution is 2.08. The number of unbranched alkanes of at least 4 members (excludes halogenated alkanes) is 3. The molecule has 0 unspecified atom stereocenters. The predicted octanol–water partition coefficient (Wildman–Crippen LogP) is 4.09. The zero-order valence-electron chi connectivity index (χ0n) is 13.4. The van der Waals surface area contributed by atoms with Crippen LogP contribution in [0.1, 0.15) is 57.9 Å². The fraction of sp³-hybridized carbons (Fsp3) is 0.667. The van der Waals surface area contributed by atoms with E-state index >= 15 is 0 Å². The quantitative estimate of drug-likeness (QED) is 0.562. The Morgan fingerprint density at radius 1 is 0.750 bits per heavy atom. The van der Waals surface area contributed by atoms with E-state index in [1.54, 1.807) is 0 Å². The van der Waals surface area contributed by atoms with Crippen molar-refractivity contribution in [3.05, 3.63) is 35.9 Å². The van der Waals surface area contributed by atoms with Gasteiger partial charge >= 0.3 is 0 Å². The molecule has 116 valence electrons. The number of nitrogens with zero attached hydrogens (tertiary/aromatic N) is 1. The van der Waals surface area contributed by atoms with Gasteiger partial charge in [0.2, 0.25) is 0 Å². The van der Waals surface area contributed by atoms with Gasteiger partial charge in [0, 0.05) is 0 Å². The molecule has 0 fully saturated rings. The van der Waals surface area contributed by atoms with E-state index in [0.717, 1.165) is 0 Å². The zero-order valence-corrected chi connectivity index (χ0v) is 13.4. The smallest absolute Gasteiger partial charge is 0.00187 e. The Balaban J connectivity index is 0.00000361. The number of rotatable bonds is 11. The monoisotopic (exact) mass is 279 g/mol. The maximum absolute atomic E-state index is 2.62. The maximum atomic E-state index is 2.62. The number of aryl methyl sites for hydroxylation is 1. The van der Waals surface area contributed by atoms with E-state index in [1.165, 1.54) is 70.1 Å². The fourth-order valence-electron chi connectivity index (χ4n) is 2.63. The lowest BCUT2D eigenvalue weighted by molar-refractivity contribution is 0.268. The van der Waals surface area contributed by atoms with Crippen molar-refractivity contribution in [2.75, 3.05) is 19.6 Å². The summed E-state index contributed by atoms with van der Waals surface area (Å²) in [6.07, 6.45) is 9.29. The third-order valence-electron chi connectivity index (χ3n) is 3.61. The topological polar surface area (TPSA) is 34.7 Å². The molecule has 2 N–H and O–H groups in total. The second-order valence-electron chi connectivity index (χ2n) is 5.49. The third-order valence-corrected chi connectivity index (χ3v) is 3.61. The molecule has 0 amide bonds. The highest BCUT2D eigenvalue weighted by Gasteiger charge is 2.01. The van der Waals surface area contributed by atoms with Crippen LogP contribution < -0.4 is 0 Å². The van der Waals surface area contributed by atoms with Crippen molar-refractivity contribution in [1.29, 1.82) is 0 Å². The van der Waals surface area contributed by atoms with Gasteiger partial charge in [0.25, 0.3) is 0 Å². The van der Waals surface area contributed by atoms with Crippen LogP contribution in [0.25, 0.3) is 0 Å². The molecule has 0 radical (unpaired) electrons. The molecule has 0 bridgehead atoms. The van der Waals surface area contributed by atoms with Crippen molar-refractivity contribution in [2.24, 2.45) is 0 Å². The second kappa shape index (κ2) is 13.1. The molecule has 2 nitrogen and oxygen atoms in total. The first-order valence-corrected chi connectivity index (χ1v) is 8.13. The summed E-state index contributed by atoms with van der Waals surface area (Å²) in [6, 6.07) is 10.9. The van der Waals surface area contributed by atoms with E-state index < -0.39 is 0 Å². The van der Waals surface area contributed by atoms with Gasteiger partial charge in [-0.05, 0) is 57.3 Å².